The summed E-state index contributed by atoms with van der Waals surface area (Å²) < 4.78 is 28.5. The third-order valence-electron chi connectivity index (χ3n) is 8.44. The summed E-state index contributed by atoms with van der Waals surface area (Å²) in [6.07, 6.45) is 6.40. The van der Waals surface area contributed by atoms with Crippen LogP contribution in [0.1, 0.15) is 50.5 Å². The molecule has 0 aromatic heterocycles. The second-order valence-corrected chi connectivity index (χ2v) is 14.2. The summed E-state index contributed by atoms with van der Waals surface area (Å²) in [6.45, 7) is 3.78. The summed E-state index contributed by atoms with van der Waals surface area (Å²) in [5.74, 6) is -0.887. The lowest BCUT2D eigenvalue weighted by Gasteiger charge is -2.50. The molecule has 3 atom stereocenters. The van der Waals surface area contributed by atoms with Crippen molar-refractivity contribution in [3.05, 3.63) is 23.8 Å². The highest BCUT2D eigenvalue weighted by Crippen LogP contribution is 2.44. The Hall–Kier alpha value is -1.47. The molecule has 1 aromatic rings. The Morgan fingerprint density at radius 2 is 1.80 bits per heavy atom. The molecule has 3 fully saturated rings. The number of halogens is 2. The smallest absolute Gasteiger partial charge is 0.257 e. The van der Waals surface area contributed by atoms with Crippen LogP contribution >= 0.6 is 23.2 Å². The van der Waals surface area contributed by atoms with E-state index in [9.17, 15) is 18.0 Å². The Morgan fingerprint density at radius 3 is 2.48 bits per heavy atom. The molecule has 2 aliphatic heterocycles. The first-order valence-corrected chi connectivity index (χ1v) is 16.4. The molecule has 1 aliphatic carbocycles. The summed E-state index contributed by atoms with van der Waals surface area (Å²) in [5.41, 5.74) is 4.03. The van der Waals surface area contributed by atoms with Crippen molar-refractivity contribution in [1.82, 2.24) is 25.0 Å². The number of anilines is 1. The maximum atomic E-state index is 13.5. The van der Waals surface area contributed by atoms with E-state index in [0.717, 1.165) is 51.5 Å². The number of nitrogens with zero attached hydrogens (tertiary/aromatic N) is 3. The molecule has 3 N–H and O–H groups in total. The van der Waals surface area contributed by atoms with Crippen LogP contribution < -0.4 is 16.1 Å². The summed E-state index contributed by atoms with van der Waals surface area (Å²) in [7, 11) is -0.00901. The van der Waals surface area contributed by atoms with Gasteiger partial charge in [-0.25, -0.2) is 13.8 Å². The van der Waals surface area contributed by atoms with Crippen molar-refractivity contribution in [3.8, 4) is 0 Å². The zero-order valence-corrected chi connectivity index (χ0v) is 25.9. The lowest BCUT2D eigenvalue weighted by Crippen LogP contribution is -2.74. The number of nitrogens with one attached hydrogen (secondary N) is 3. The Bertz CT molecular complexity index is 1180. The van der Waals surface area contributed by atoms with Crippen LogP contribution in [0.25, 0.3) is 0 Å². The molecular weight excluding hydrogens is 575 g/mol. The minimum Gasteiger partial charge on any atom is -0.324 e. The number of amides is 2. The highest BCUT2D eigenvalue weighted by molar-refractivity contribution is 7.89. The molecule has 0 spiro atoms. The van der Waals surface area contributed by atoms with Crippen LogP contribution in [0.2, 0.25) is 0 Å². The zero-order chi connectivity index (χ0) is 29.1. The van der Waals surface area contributed by atoms with Gasteiger partial charge in [-0.3, -0.25) is 14.6 Å². The predicted molar refractivity (Wildman–Crippen MR) is 158 cm³/mol. The second-order valence-electron chi connectivity index (χ2n) is 11.2. The predicted octanol–water partition coefficient (Wildman–Crippen LogP) is 2.71. The average molecular weight is 618 g/mol. The van der Waals surface area contributed by atoms with Crippen LogP contribution in [-0.2, 0) is 19.6 Å². The van der Waals surface area contributed by atoms with Gasteiger partial charge in [0, 0.05) is 25.3 Å². The van der Waals surface area contributed by atoms with Crippen molar-refractivity contribution < 1.29 is 18.0 Å². The van der Waals surface area contributed by atoms with Crippen molar-refractivity contribution in [3.63, 3.8) is 0 Å². The maximum Gasteiger partial charge on any atom is 0.257 e. The Morgan fingerprint density at radius 1 is 1.10 bits per heavy atom. The van der Waals surface area contributed by atoms with Gasteiger partial charge >= 0.3 is 0 Å². The third-order valence-corrected chi connectivity index (χ3v) is 11.9. The topological polar surface area (TPSA) is 114 Å². The molecule has 3 aliphatic rings. The fraction of sp³-hybridized carbons (Fsp3) is 0.704. The van der Waals surface area contributed by atoms with Gasteiger partial charge in [0.15, 0.2) is 0 Å². The molecule has 10 nitrogen and oxygen atoms in total. The van der Waals surface area contributed by atoms with Gasteiger partial charge in [-0.15, -0.1) is 23.2 Å². The maximum absolute atomic E-state index is 13.5. The number of hydrazine groups is 1. The van der Waals surface area contributed by atoms with Crippen LogP contribution in [0.5, 0.6) is 0 Å². The molecule has 1 saturated carbocycles. The van der Waals surface area contributed by atoms with Crippen molar-refractivity contribution in [2.24, 2.45) is 5.92 Å². The minimum absolute atomic E-state index is 0.0570. The van der Waals surface area contributed by atoms with E-state index >= 15 is 0 Å². The summed E-state index contributed by atoms with van der Waals surface area (Å²) in [6, 6.07) is 4.82. The van der Waals surface area contributed by atoms with Gasteiger partial charge in [0.1, 0.15) is 16.8 Å². The average Bonchev–Trinajstić information content (AvgIpc) is 3.33. The molecular formula is C27H42Cl2N6O4S. The quantitative estimate of drug-likeness (QED) is 0.319. The van der Waals surface area contributed by atoms with E-state index in [4.69, 9.17) is 23.2 Å². The number of alkyl halides is 2. The van der Waals surface area contributed by atoms with E-state index < -0.39 is 38.3 Å². The van der Waals surface area contributed by atoms with Gasteiger partial charge in [0.2, 0.25) is 15.9 Å². The fourth-order valence-corrected chi connectivity index (χ4v) is 8.68. The van der Waals surface area contributed by atoms with Crippen LogP contribution in [-0.4, -0.2) is 97.7 Å². The number of carbonyl (C=O) groups is 2. The van der Waals surface area contributed by atoms with Gasteiger partial charge in [-0.2, -0.15) is 4.31 Å². The molecule has 13 heteroatoms. The summed E-state index contributed by atoms with van der Waals surface area (Å²) >= 11 is 13.9. The minimum atomic E-state index is -3.74. The summed E-state index contributed by atoms with van der Waals surface area (Å²) in [5, 5.41) is 6.09. The van der Waals surface area contributed by atoms with Crippen LogP contribution in [0.4, 0.5) is 5.69 Å². The second kappa shape index (κ2) is 13.2. The lowest BCUT2D eigenvalue weighted by atomic mass is 9.79. The standard InChI is InChI=1S/C27H42Cl2N6O4S/c1-19-11-12-21(17-22(19)40(38,39)34-14-8-13-33(3)15-16-34)31-23(36)18-35-25(37)24(28)27(29,26(30-2)32-35)20-9-6-4-5-7-10-20/h11-12,17,20,24,26,30,32H,4-10,13-16,18H2,1-3H3,(H,31,36). The van der Waals surface area contributed by atoms with Gasteiger partial charge in [0.25, 0.3) is 5.91 Å². The summed E-state index contributed by atoms with van der Waals surface area (Å²) in [4.78, 5) is 27.6. The number of likely N-dealkylation sites (N-methyl/N-ethyl adjacent to an activating group) is 1. The Balaban J connectivity index is 1.46. The highest BCUT2D eigenvalue weighted by Gasteiger charge is 2.56. The molecule has 2 saturated heterocycles. The van der Waals surface area contributed by atoms with Crippen molar-refractivity contribution in [2.45, 2.75) is 73.2 Å². The number of carbonyl (C=O) groups excluding carboxylic acids is 2. The van der Waals surface area contributed by atoms with Crippen LogP contribution in [0.3, 0.4) is 0 Å². The van der Waals surface area contributed by atoms with E-state index in [1.807, 2.05) is 7.05 Å². The van der Waals surface area contributed by atoms with Gasteiger partial charge in [0.05, 0.1) is 11.1 Å². The number of sulfonamides is 1. The van der Waals surface area contributed by atoms with Gasteiger partial charge in [-0.05, 0) is 70.4 Å². The monoisotopic (exact) mass is 616 g/mol. The normalized spacial score (nSPS) is 28.2. The molecule has 224 valence electrons. The van der Waals surface area contributed by atoms with E-state index in [1.165, 1.54) is 15.4 Å². The molecule has 1 aromatic carbocycles. The van der Waals surface area contributed by atoms with Crippen molar-refractivity contribution >= 4 is 50.7 Å². The first kappa shape index (κ1) is 31.5. The number of benzene rings is 1. The molecule has 2 amide bonds. The van der Waals surface area contributed by atoms with Crippen molar-refractivity contribution in [1.29, 1.82) is 0 Å². The zero-order valence-electron chi connectivity index (χ0n) is 23.6. The van der Waals surface area contributed by atoms with Gasteiger partial charge < -0.3 is 15.5 Å². The fourth-order valence-electron chi connectivity index (χ4n) is 6.07. The highest BCUT2D eigenvalue weighted by atomic mass is 35.5. The SMILES string of the molecule is CNC1NN(CC(=O)Nc2ccc(C)c(S(=O)(=O)N3CCCN(C)CC3)c2)C(=O)C(Cl)C1(Cl)C1CCCCCC1. The van der Waals surface area contributed by atoms with Crippen LogP contribution in [0, 0.1) is 12.8 Å². The first-order valence-electron chi connectivity index (χ1n) is 14.2. The van der Waals surface area contributed by atoms with E-state index in [0.29, 0.717) is 30.9 Å². The third kappa shape index (κ3) is 6.61. The number of rotatable bonds is 7. The van der Waals surface area contributed by atoms with Crippen LogP contribution in [0.15, 0.2) is 23.1 Å². The lowest BCUT2D eigenvalue weighted by molar-refractivity contribution is -0.144. The first-order chi connectivity index (χ1) is 19.0. The molecule has 0 radical (unpaired) electrons. The molecule has 2 heterocycles. The van der Waals surface area contributed by atoms with Crippen molar-refractivity contribution in [2.75, 3.05) is 52.1 Å². The van der Waals surface area contributed by atoms with E-state index in [-0.39, 0.29) is 17.4 Å². The molecule has 4 rings (SSSR count). The van der Waals surface area contributed by atoms with E-state index in [2.05, 4.69) is 21.0 Å². The number of aryl methyl sites for hydroxylation is 1. The molecule has 40 heavy (non-hydrogen) atoms. The molecule has 0 bridgehead atoms. The molecule has 3 unspecified atom stereocenters. The Labute approximate surface area is 248 Å². The number of hydrogen-bond donors (Lipinski definition) is 3. The number of hydrogen-bond acceptors (Lipinski definition) is 7. The largest absolute Gasteiger partial charge is 0.324 e. The Kier molecular flexibility index (Phi) is 10.4. The van der Waals surface area contributed by atoms with Gasteiger partial charge in [-0.1, -0.05) is 31.7 Å². The van der Waals surface area contributed by atoms with E-state index in [1.54, 1.807) is 26.1 Å².